The molecule has 0 bridgehead atoms. The van der Waals surface area contributed by atoms with E-state index in [2.05, 4.69) is 13.8 Å². The van der Waals surface area contributed by atoms with Crippen LogP contribution in [0.5, 0.6) is 0 Å². The van der Waals surface area contributed by atoms with Crippen LogP contribution in [0.15, 0.2) is 23.3 Å². The average Bonchev–Trinajstić information content (AvgIpc) is 2.04. The molecule has 0 fully saturated rings. The van der Waals surface area contributed by atoms with Crippen molar-refractivity contribution in [3.05, 3.63) is 23.3 Å². The van der Waals surface area contributed by atoms with E-state index in [0.717, 1.165) is 24.7 Å². The van der Waals surface area contributed by atoms with E-state index in [1.807, 2.05) is 12.2 Å². The van der Waals surface area contributed by atoms with Crippen LogP contribution in [0.4, 0.5) is 0 Å². The maximum absolute atomic E-state index is 10.5. The Labute approximate surface area is 67.8 Å². The van der Waals surface area contributed by atoms with E-state index in [1.165, 1.54) is 5.57 Å². The van der Waals surface area contributed by atoms with Gasteiger partial charge in [-0.05, 0) is 31.3 Å². The van der Waals surface area contributed by atoms with E-state index >= 15 is 0 Å². The first-order chi connectivity index (χ1) is 5.27. The second-order valence-electron chi connectivity index (χ2n) is 3.11. The van der Waals surface area contributed by atoms with Crippen molar-refractivity contribution < 1.29 is 4.79 Å². The van der Waals surface area contributed by atoms with E-state index < -0.39 is 0 Å². The highest BCUT2D eigenvalue weighted by molar-refractivity contribution is 5.75. The molecule has 0 saturated heterocycles. The highest BCUT2D eigenvalue weighted by Crippen LogP contribution is 2.25. The minimum absolute atomic E-state index is 0.470. The Morgan fingerprint density at radius 3 is 2.91 bits per heavy atom. The largest absolute Gasteiger partial charge is 0.298 e. The van der Waals surface area contributed by atoms with Crippen LogP contribution < -0.4 is 0 Å². The molecule has 0 aromatic heterocycles. The standard InChI is InChI=1S/C10H14O/c1-3-9-6-8(2)4-5-10(9)7-11/h4-5,7,9H,3,6H2,1-2H3/t9-/m1/s1. The van der Waals surface area contributed by atoms with Crippen molar-refractivity contribution >= 4 is 6.29 Å². The van der Waals surface area contributed by atoms with Crippen molar-refractivity contribution in [2.45, 2.75) is 26.7 Å². The molecule has 0 heterocycles. The second kappa shape index (κ2) is 3.51. The van der Waals surface area contributed by atoms with Gasteiger partial charge in [0.2, 0.25) is 0 Å². The van der Waals surface area contributed by atoms with Crippen molar-refractivity contribution in [1.29, 1.82) is 0 Å². The van der Waals surface area contributed by atoms with Gasteiger partial charge in [-0.25, -0.2) is 0 Å². The second-order valence-corrected chi connectivity index (χ2v) is 3.11. The Kier molecular flexibility index (Phi) is 2.64. The number of hydrogen-bond acceptors (Lipinski definition) is 1. The third kappa shape index (κ3) is 1.79. The van der Waals surface area contributed by atoms with E-state index in [4.69, 9.17) is 0 Å². The molecule has 0 radical (unpaired) electrons. The summed E-state index contributed by atoms with van der Waals surface area (Å²) in [5, 5.41) is 0. The van der Waals surface area contributed by atoms with Crippen LogP contribution >= 0.6 is 0 Å². The summed E-state index contributed by atoms with van der Waals surface area (Å²) < 4.78 is 0. The molecule has 60 valence electrons. The van der Waals surface area contributed by atoms with Crippen molar-refractivity contribution in [2.75, 3.05) is 0 Å². The number of rotatable bonds is 2. The maximum Gasteiger partial charge on any atom is 0.146 e. The van der Waals surface area contributed by atoms with Gasteiger partial charge >= 0.3 is 0 Å². The SMILES string of the molecule is CC[C@@H]1CC(C)=CC=C1C=O. The molecule has 1 aliphatic rings. The van der Waals surface area contributed by atoms with E-state index in [9.17, 15) is 4.79 Å². The van der Waals surface area contributed by atoms with Gasteiger partial charge in [0.05, 0.1) is 0 Å². The third-order valence-corrected chi connectivity index (χ3v) is 2.23. The molecule has 0 aromatic rings. The Morgan fingerprint density at radius 2 is 2.36 bits per heavy atom. The lowest BCUT2D eigenvalue weighted by molar-refractivity contribution is -0.105. The molecule has 0 spiro atoms. The number of allylic oxidation sites excluding steroid dienone is 4. The lowest BCUT2D eigenvalue weighted by Gasteiger charge is -2.18. The van der Waals surface area contributed by atoms with Crippen LogP contribution in [0.3, 0.4) is 0 Å². The zero-order valence-electron chi connectivity index (χ0n) is 7.13. The molecule has 1 rings (SSSR count). The lowest BCUT2D eigenvalue weighted by Crippen LogP contribution is -2.07. The molecule has 0 saturated carbocycles. The summed E-state index contributed by atoms with van der Waals surface area (Å²) in [4.78, 5) is 10.5. The van der Waals surface area contributed by atoms with E-state index in [-0.39, 0.29) is 0 Å². The van der Waals surface area contributed by atoms with E-state index in [1.54, 1.807) is 0 Å². The van der Waals surface area contributed by atoms with Crippen molar-refractivity contribution in [3.8, 4) is 0 Å². The molecular formula is C10H14O. The Bertz CT molecular complexity index is 211. The number of carbonyl (C=O) groups excluding carboxylic acids is 1. The quantitative estimate of drug-likeness (QED) is 0.553. The van der Waals surface area contributed by atoms with Crippen LogP contribution in [-0.2, 0) is 4.79 Å². The first kappa shape index (κ1) is 8.25. The zero-order valence-corrected chi connectivity index (χ0v) is 7.13. The Morgan fingerprint density at radius 1 is 1.64 bits per heavy atom. The third-order valence-electron chi connectivity index (χ3n) is 2.23. The number of carbonyl (C=O) groups is 1. The Balaban J connectivity index is 2.79. The van der Waals surface area contributed by atoms with Gasteiger partial charge in [0.25, 0.3) is 0 Å². The van der Waals surface area contributed by atoms with E-state index in [0.29, 0.717) is 5.92 Å². The predicted molar refractivity (Wildman–Crippen MR) is 46.3 cm³/mol. The summed E-state index contributed by atoms with van der Waals surface area (Å²) in [6, 6.07) is 0. The maximum atomic E-state index is 10.5. The van der Waals surface area contributed by atoms with Gasteiger partial charge in [0.15, 0.2) is 0 Å². The van der Waals surface area contributed by atoms with Gasteiger partial charge in [0, 0.05) is 0 Å². The molecule has 1 heteroatoms. The topological polar surface area (TPSA) is 17.1 Å². The lowest BCUT2D eigenvalue weighted by atomic mass is 9.86. The minimum Gasteiger partial charge on any atom is -0.298 e. The van der Waals surface area contributed by atoms with Gasteiger partial charge in [-0.3, -0.25) is 4.79 Å². The van der Waals surface area contributed by atoms with Crippen molar-refractivity contribution in [1.82, 2.24) is 0 Å². The van der Waals surface area contributed by atoms with Crippen LogP contribution in [0.2, 0.25) is 0 Å². The van der Waals surface area contributed by atoms with Crippen LogP contribution in [0.25, 0.3) is 0 Å². The molecule has 0 aliphatic heterocycles. The van der Waals surface area contributed by atoms with Gasteiger partial charge in [-0.2, -0.15) is 0 Å². The summed E-state index contributed by atoms with van der Waals surface area (Å²) in [5.41, 5.74) is 2.33. The van der Waals surface area contributed by atoms with Crippen molar-refractivity contribution in [2.24, 2.45) is 5.92 Å². The normalized spacial score (nSPS) is 24.0. The molecule has 0 unspecified atom stereocenters. The zero-order chi connectivity index (χ0) is 8.27. The van der Waals surface area contributed by atoms with Gasteiger partial charge in [0.1, 0.15) is 6.29 Å². The molecule has 1 atom stereocenters. The van der Waals surface area contributed by atoms with Crippen LogP contribution in [-0.4, -0.2) is 6.29 Å². The highest BCUT2D eigenvalue weighted by Gasteiger charge is 2.14. The summed E-state index contributed by atoms with van der Waals surface area (Å²) in [6.45, 7) is 4.24. The summed E-state index contributed by atoms with van der Waals surface area (Å²) in [7, 11) is 0. The van der Waals surface area contributed by atoms with Crippen LogP contribution in [0.1, 0.15) is 26.7 Å². The monoisotopic (exact) mass is 150 g/mol. The average molecular weight is 150 g/mol. The highest BCUT2D eigenvalue weighted by atomic mass is 16.1. The molecule has 0 aromatic carbocycles. The number of hydrogen-bond donors (Lipinski definition) is 0. The summed E-state index contributed by atoms with van der Waals surface area (Å²) in [5.74, 6) is 0.470. The Hall–Kier alpha value is -0.850. The van der Waals surface area contributed by atoms with Crippen LogP contribution in [0, 0.1) is 5.92 Å². The van der Waals surface area contributed by atoms with Gasteiger partial charge in [-0.15, -0.1) is 0 Å². The van der Waals surface area contributed by atoms with Crippen molar-refractivity contribution in [3.63, 3.8) is 0 Å². The fourth-order valence-corrected chi connectivity index (χ4v) is 1.46. The molecule has 1 aliphatic carbocycles. The first-order valence-corrected chi connectivity index (χ1v) is 4.10. The molecule has 11 heavy (non-hydrogen) atoms. The fraction of sp³-hybridized carbons (Fsp3) is 0.500. The minimum atomic E-state index is 0.470. The fourth-order valence-electron chi connectivity index (χ4n) is 1.46. The predicted octanol–water partition coefficient (Wildman–Crippen LogP) is 2.49. The van der Waals surface area contributed by atoms with Gasteiger partial charge < -0.3 is 0 Å². The summed E-state index contributed by atoms with van der Waals surface area (Å²) in [6.07, 6.45) is 7.09. The first-order valence-electron chi connectivity index (χ1n) is 4.10. The number of aldehydes is 1. The molecule has 0 N–H and O–H groups in total. The molecule has 0 amide bonds. The smallest absolute Gasteiger partial charge is 0.146 e. The van der Waals surface area contributed by atoms with Gasteiger partial charge in [-0.1, -0.05) is 24.6 Å². The molecule has 1 nitrogen and oxygen atoms in total. The summed E-state index contributed by atoms with van der Waals surface area (Å²) >= 11 is 0. The molecular weight excluding hydrogens is 136 g/mol.